The van der Waals surface area contributed by atoms with E-state index in [9.17, 15) is 0 Å². The van der Waals surface area contributed by atoms with E-state index in [0.29, 0.717) is 23.2 Å². The highest BCUT2D eigenvalue weighted by molar-refractivity contribution is 9.10. The predicted molar refractivity (Wildman–Crippen MR) is 94.4 cm³/mol. The van der Waals surface area contributed by atoms with E-state index in [4.69, 9.17) is 4.42 Å². The molecule has 3 heterocycles. The molecule has 0 saturated heterocycles. The van der Waals surface area contributed by atoms with Crippen LogP contribution < -0.4 is 0 Å². The Hall–Kier alpha value is -2.54. The van der Waals surface area contributed by atoms with Crippen molar-refractivity contribution in [1.82, 2.24) is 25.0 Å². The van der Waals surface area contributed by atoms with Crippen LogP contribution in [0, 0.1) is 13.8 Å². The van der Waals surface area contributed by atoms with Crippen molar-refractivity contribution >= 4 is 26.8 Å². The summed E-state index contributed by atoms with van der Waals surface area (Å²) in [6.45, 7) is 4.02. The molecule has 1 aromatic carbocycles. The molecule has 0 aliphatic rings. The van der Waals surface area contributed by atoms with Crippen LogP contribution in [-0.4, -0.2) is 25.0 Å². The molecule has 0 unspecified atom stereocenters. The number of hydrogen-bond donors (Lipinski definition) is 0. The molecule has 7 heteroatoms. The monoisotopic (exact) mass is 383 g/mol. The van der Waals surface area contributed by atoms with Crippen LogP contribution in [0.1, 0.15) is 11.3 Å². The molecule has 0 N–H and O–H groups in total. The third-order valence-corrected chi connectivity index (χ3v) is 4.90. The number of hydrogen-bond acceptors (Lipinski definition) is 5. The number of rotatable bonds is 2. The van der Waals surface area contributed by atoms with Crippen molar-refractivity contribution in [2.45, 2.75) is 13.8 Å². The molecule has 0 bridgehead atoms. The topological polar surface area (TPSA) is 69.6 Å². The highest BCUT2D eigenvalue weighted by Gasteiger charge is 2.19. The van der Waals surface area contributed by atoms with Gasteiger partial charge in [0.1, 0.15) is 5.69 Å². The van der Waals surface area contributed by atoms with Crippen LogP contribution in [0.5, 0.6) is 0 Å². The predicted octanol–water partition coefficient (Wildman–Crippen LogP) is 4.06. The van der Waals surface area contributed by atoms with Crippen molar-refractivity contribution in [3.8, 4) is 23.2 Å². The molecule has 0 saturated carbocycles. The van der Waals surface area contributed by atoms with Crippen LogP contribution in [0.15, 0.2) is 39.2 Å². The minimum atomic E-state index is 0.367. The normalized spacial score (nSPS) is 11.3. The molecule has 0 fully saturated rings. The molecule has 0 aliphatic heterocycles. The van der Waals surface area contributed by atoms with E-state index in [1.54, 1.807) is 4.68 Å². The van der Waals surface area contributed by atoms with Crippen molar-refractivity contribution < 1.29 is 4.42 Å². The smallest absolute Gasteiger partial charge is 0.269 e. The van der Waals surface area contributed by atoms with Crippen molar-refractivity contribution in [2.24, 2.45) is 7.05 Å². The Labute approximate surface area is 146 Å². The summed E-state index contributed by atoms with van der Waals surface area (Å²) in [5.41, 5.74) is 4.36. The first-order valence-electron chi connectivity index (χ1n) is 7.43. The van der Waals surface area contributed by atoms with E-state index in [1.165, 1.54) is 5.56 Å². The van der Waals surface area contributed by atoms with E-state index in [2.05, 4.69) is 49.2 Å². The van der Waals surface area contributed by atoms with Crippen LogP contribution in [0.3, 0.4) is 0 Å². The zero-order chi connectivity index (χ0) is 16.8. The standard InChI is InChI=1S/C17H14BrN5O/c1-9-4-6-12-11(8-9)5-7-13(19-12)16-20-21-17(24-16)15-14(18)10(2)23(3)22-15/h4-8H,1-3H3. The molecule has 0 radical (unpaired) electrons. The van der Waals surface area contributed by atoms with Gasteiger partial charge in [0.25, 0.3) is 11.8 Å². The van der Waals surface area contributed by atoms with Crippen LogP contribution >= 0.6 is 15.9 Å². The summed E-state index contributed by atoms with van der Waals surface area (Å²) < 4.78 is 8.40. The van der Waals surface area contributed by atoms with Gasteiger partial charge in [0.15, 0.2) is 5.69 Å². The number of nitrogens with zero attached hydrogens (tertiary/aromatic N) is 5. The molecule has 0 aliphatic carbocycles. The van der Waals surface area contributed by atoms with Gasteiger partial charge in [-0.3, -0.25) is 4.68 Å². The first-order valence-corrected chi connectivity index (χ1v) is 8.23. The third-order valence-electron chi connectivity index (χ3n) is 3.95. The van der Waals surface area contributed by atoms with Gasteiger partial charge in [0.2, 0.25) is 0 Å². The highest BCUT2D eigenvalue weighted by atomic mass is 79.9. The lowest BCUT2D eigenvalue weighted by atomic mass is 10.1. The maximum Gasteiger partial charge on any atom is 0.269 e. The second kappa shape index (κ2) is 5.52. The number of halogens is 1. The van der Waals surface area contributed by atoms with Gasteiger partial charge < -0.3 is 4.42 Å². The van der Waals surface area contributed by atoms with Gasteiger partial charge in [0.05, 0.1) is 15.7 Å². The van der Waals surface area contributed by atoms with Crippen molar-refractivity contribution in [2.75, 3.05) is 0 Å². The van der Waals surface area contributed by atoms with Gasteiger partial charge in [-0.15, -0.1) is 10.2 Å². The third kappa shape index (κ3) is 2.41. The van der Waals surface area contributed by atoms with Gasteiger partial charge in [-0.2, -0.15) is 5.10 Å². The molecule has 24 heavy (non-hydrogen) atoms. The molecule has 4 rings (SSSR count). The van der Waals surface area contributed by atoms with E-state index in [1.807, 2.05) is 38.2 Å². The van der Waals surface area contributed by atoms with Crippen molar-refractivity contribution in [3.05, 3.63) is 46.1 Å². The fourth-order valence-electron chi connectivity index (χ4n) is 2.51. The van der Waals surface area contributed by atoms with Gasteiger partial charge in [-0.1, -0.05) is 17.7 Å². The Bertz CT molecular complexity index is 1070. The molecule has 120 valence electrons. The summed E-state index contributed by atoms with van der Waals surface area (Å²) >= 11 is 3.52. The van der Waals surface area contributed by atoms with E-state index < -0.39 is 0 Å². The largest absolute Gasteiger partial charge is 0.413 e. The Balaban J connectivity index is 1.77. The summed E-state index contributed by atoms with van der Waals surface area (Å²) in [6.07, 6.45) is 0. The maximum absolute atomic E-state index is 5.79. The Morgan fingerprint density at radius 2 is 1.83 bits per heavy atom. The fourth-order valence-corrected chi connectivity index (χ4v) is 3.01. The van der Waals surface area contributed by atoms with Crippen LogP contribution in [0.4, 0.5) is 0 Å². The molecule has 3 aromatic heterocycles. The fraction of sp³-hybridized carbons (Fsp3) is 0.176. The number of benzene rings is 1. The lowest BCUT2D eigenvalue weighted by Crippen LogP contribution is -1.92. The van der Waals surface area contributed by atoms with Crippen LogP contribution in [0.2, 0.25) is 0 Å². The highest BCUT2D eigenvalue weighted by Crippen LogP contribution is 2.30. The average Bonchev–Trinajstić information content (AvgIpc) is 3.15. The minimum Gasteiger partial charge on any atom is -0.413 e. The zero-order valence-electron chi connectivity index (χ0n) is 13.4. The summed E-state index contributed by atoms with van der Waals surface area (Å²) in [6, 6.07) is 10.0. The second-order valence-electron chi connectivity index (χ2n) is 5.68. The van der Waals surface area contributed by atoms with E-state index in [0.717, 1.165) is 21.1 Å². The van der Waals surface area contributed by atoms with Gasteiger partial charge in [-0.25, -0.2) is 4.98 Å². The molecular formula is C17H14BrN5O. The lowest BCUT2D eigenvalue weighted by molar-refractivity contribution is 0.577. The first kappa shape index (κ1) is 15.0. The van der Waals surface area contributed by atoms with Crippen LogP contribution in [0.25, 0.3) is 34.1 Å². The second-order valence-corrected chi connectivity index (χ2v) is 6.47. The Morgan fingerprint density at radius 3 is 2.58 bits per heavy atom. The molecule has 0 atom stereocenters. The number of pyridine rings is 1. The van der Waals surface area contributed by atoms with Gasteiger partial charge >= 0.3 is 0 Å². The summed E-state index contributed by atoms with van der Waals surface area (Å²) in [4.78, 5) is 4.61. The summed E-state index contributed by atoms with van der Waals surface area (Å²) in [5, 5.41) is 13.7. The van der Waals surface area contributed by atoms with Gasteiger partial charge in [-0.05, 0) is 48.0 Å². The first-order chi connectivity index (χ1) is 11.5. The summed E-state index contributed by atoms with van der Waals surface area (Å²) in [5.74, 6) is 0.744. The lowest BCUT2D eigenvalue weighted by Gasteiger charge is -2.00. The summed E-state index contributed by atoms with van der Waals surface area (Å²) in [7, 11) is 1.87. The van der Waals surface area contributed by atoms with E-state index in [-0.39, 0.29) is 0 Å². The van der Waals surface area contributed by atoms with Crippen molar-refractivity contribution in [3.63, 3.8) is 0 Å². The number of fused-ring (bicyclic) bond motifs is 1. The number of aryl methyl sites for hydroxylation is 2. The zero-order valence-corrected chi connectivity index (χ0v) is 15.0. The molecule has 6 nitrogen and oxygen atoms in total. The minimum absolute atomic E-state index is 0.367. The average molecular weight is 384 g/mol. The van der Waals surface area contributed by atoms with Gasteiger partial charge in [0, 0.05) is 12.4 Å². The molecule has 0 spiro atoms. The van der Waals surface area contributed by atoms with E-state index >= 15 is 0 Å². The Kier molecular flexibility index (Phi) is 3.45. The Morgan fingerprint density at radius 1 is 1.04 bits per heavy atom. The molecule has 4 aromatic rings. The number of aromatic nitrogens is 5. The molecular weight excluding hydrogens is 370 g/mol. The van der Waals surface area contributed by atoms with Crippen LogP contribution in [-0.2, 0) is 7.05 Å². The van der Waals surface area contributed by atoms with Crippen molar-refractivity contribution in [1.29, 1.82) is 0 Å². The molecule has 0 amide bonds. The maximum atomic E-state index is 5.79. The SMILES string of the molecule is Cc1ccc2nc(-c3nnc(-c4nn(C)c(C)c4Br)o3)ccc2c1. The quantitative estimate of drug-likeness (QED) is 0.521.